The highest BCUT2D eigenvalue weighted by Gasteiger charge is 2.38. The zero-order valence-corrected chi connectivity index (χ0v) is 18.4. The Morgan fingerprint density at radius 2 is 2.00 bits per heavy atom. The summed E-state index contributed by atoms with van der Waals surface area (Å²) < 4.78 is 11.6. The number of benzene rings is 2. The number of hydrogen-bond acceptors (Lipinski definition) is 6. The van der Waals surface area contributed by atoms with E-state index in [4.69, 9.17) is 21.7 Å². The number of aryl methyl sites for hydroxylation is 1. The van der Waals surface area contributed by atoms with Gasteiger partial charge in [0.1, 0.15) is 17.0 Å². The smallest absolute Gasteiger partial charge is 0.326 e. The lowest BCUT2D eigenvalue weighted by Gasteiger charge is -2.18. The van der Waals surface area contributed by atoms with Crippen molar-refractivity contribution in [3.8, 4) is 11.5 Å². The summed E-state index contributed by atoms with van der Waals surface area (Å²) in [6, 6.07) is 12.3. The van der Waals surface area contributed by atoms with Gasteiger partial charge in [0.05, 0.1) is 12.0 Å². The standard InChI is InChI=1S/C22H21NO5S2/c1-13-6-4-5-7-16(13)12-28-17-9-8-15(10-18(17)27-3)11-19-20(24)23(22(29)30-19)14(2)21(25)26/h4-11,14H,12H2,1-3H3,(H,25,26). The van der Waals surface area contributed by atoms with Crippen molar-refractivity contribution in [2.45, 2.75) is 26.5 Å². The largest absolute Gasteiger partial charge is 0.493 e. The fourth-order valence-corrected chi connectivity index (χ4v) is 4.31. The summed E-state index contributed by atoms with van der Waals surface area (Å²) >= 11 is 6.27. The van der Waals surface area contributed by atoms with Crippen molar-refractivity contribution in [1.29, 1.82) is 0 Å². The second-order valence-electron chi connectivity index (χ2n) is 6.69. The number of methoxy groups -OCH3 is 1. The van der Waals surface area contributed by atoms with Crippen molar-refractivity contribution in [2.24, 2.45) is 0 Å². The van der Waals surface area contributed by atoms with E-state index in [9.17, 15) is 14.7 Å². The third-order valence-electron chi connectivity index (χ3n) is 4.70. The monoisotopic (exact) mass is 443 g/mol. The van der Waals surface area contributed by atoms with E-state index >= 15 is 0 Å². The summed E-state index contributed by atoms with van der Waals surface area (Å²) in [5.74, 6) is -0.403. The Morgan fingerprint density at radius 3 is 2.67 bits per heavy atom. The van der Waals surface area contributed by atoms with Gasteiger partial charge < -0.3 is 14.6 Å². The maximum atomic E-state index is 12.6. The fourth-order valence-electron chi connectivity index (χ4n) is 2.90. The molecule has 0 aromatic heterocycles. The minimum atomic E-state index is -1.11. The lowest BCUT2D eigenvalue weighted by Crippen LogP contribution is -2.41. The molecule has 1 saturated heterocycles. The Labute approximate surface area is 184 Å². The van der Waals surface area contributed by atoms with Crippen molar-refractivity contribution < 1.29 is 24.2 Å². The Balaban J connectivity index is 1.79. The molecule has 1 atom stereocenters. The Kier molecular flexibility index (Phi) is 6.79. The summed E-state index contributed by atoms with van der Waals surface area (Å²) in [4.78, 5) is 25.3. The van der Waals surface area contributed by atoms with E-state index < -0.39 is 17.9 Å². The molecule has 0 spiro atoms. The molecule has 0 bridgehead atoms. The quantitative estimate of drug-likeness (QED) is 0.506. The first kappa shape index (κ1) is 21.9. The number of ether oxygens (including phenoxy) is 2. The molecule has 1 aliphatic rings. The Bertz CT molecular complexity index is 1030. The number of carbonyl (C=O) groups excluding carboxylic acids is 1. The van der Waals surface area contributed by atoms with Gasteiger partial charge in [0.2, 0.25) is 0 Å². The molecule has 30 heavy (non-hydrogen) atoms. The van der Waals surface area contributed by atoms with E-state index in [-0.39, 0.29) is 4.32 Å². The topological polar surface area (TPSA) is 76.1 Å². The van der Waals surface area contributed by atoms with Crippen LogP contribution in [0.25, 0.3) is 6.08 Å². The molecule has 1 heterocycles. The summed E-state index contributed by atoms with van der Waals surface area (Å²) in [5.41, 5.74) is 2.95. The molecule has 1 aliphatic heterocycles. The minimum Gasteiger partial charge on any atom is -0.493 e. The first-order chi connectivity index (χ1) is 14.3. The molecule has 156 valence electrons. The van der Waals surface area contributed by atoms with Crippen molar-refractivity contribution in [3.63, 3.8) is 0 Å². The molecule has 8 heteroatoms. The van der Waals surface area contributed by atoms with Gasteiger partial charge in [0, 0.05) is 0 Å². The van der Waals surface area contributed by atoms with Crippen molar-refractivity contribution >= 4 is 46.3 Å². The molecule has 2 aromatic carbocycles. The van der Waals surface area contributed by atoms with Gasteiger partial charge in [-0.1, -0.05) is 54.3 Å². The highest BCUT2D eigenvalue weighted by molar-refractivity contribution is 8.26. The van der Waals surface area contributed by atoms with Crippen LogP contribution in [0.4, 0.5) is 0 Å². The van der Waals surface area contributed by atoms with Crippen LogP contribution < -0.4 is 9.47 Å². The van der Waals surface area contributed by atoms with Crippen LogP contribution in [-0.4, -0.2) is 39.4 Å². The number of nitrogens with zero attached hydrogens (tertiary/aromatic N) is 1. The molecule has 0 radical (unpaired) electrons. The summed E-state index contributed by atoms with van der Waals surface area (Å²) in [6.07, 6.45) is 1.67. The zero-order chi connectivity index (χ0) is 21.8. The predicted octanol–water partition coefficient (Wildman–Crippen LogP) is 4.26. The van der Waals surface area contributed by atoms with Gasteiger partial charge in [-0.05, 0) is 48.7 Å². The van der Waals surface area contributed by atoms with Gasteiger partial charge in [0.25, 0.3) is 5.91 Å². The van der Waals surface area contributed by atoms with Crippen LogP contribution in [0.1, 0.15) is 23.6 Å². The van der Waals surface area contributed by atoms with Crippen LogP contribution in [0, 0.1) is 6.92 Å². The summed E-state index contributed by atoms with van der Waals surface area (Å²) in [6.45, 7) is 3.87. The van der Waals surface area contributed by atoms with Crippen molar-refractivity contribution in [1.82, 2.24) is 4.90 Å². The average molecular weight is 444 g/mol. The fraction of sp³-hybridized carbons (Fsp3) is 0.227. The SMILES string of the molecule is COc1cc(C=C2SC(=S)N(C(C)C(=O)O)C2=O)ccc1OCc1ccccc1C. The molecular weight excluding hydrogens is 422 g/mol. The van der Waals surface area contributed by atoms with Crippen LogP contribution in [0.5, 0.6) is 11.5 Å². The highest BCUT2D eigenvalue weighted by atomic mass is 32.2. The molecule has 0 aliphatic carbocycles. The van der Waals surface area contributed by atoms with Gasteiger partial charge in [-0.3, -0.25) is 9.69 Å². The van der Waals surface area contributed by atoms with Gasteiger partial charge in [-0.2, -0.15) is 0 Å². The van der Waals surface area contributed by atoms with Gasteiger partial charge in [0.15, 0.2) is 11.5 Å². The first-order valence-electron chi connectivity index (χ1n) is 9.17. The van der Waals surface area contributed by atoms with Crippen LogP contribution in [-0.2, 0) is 16.2 Å². The van der Waals surface area contributed by atoms with E-state index in [2.05, 4.69) is 0 Å². The Hall–Kier alpha value is -2.84. The second kappa shape index (κ2) is 9.32. The molecule has 2 aromatic rings. The molecule has 1 amide bonds. The first-order valence-corrected chi connectivity index (χ1v) is 10.4. The van der Waals surface area contributed by atoms with Crippen LogP contribution >= 0.6 is 24.0 Å². The summed E-state index contributed by atoms with van der Waals surface area (Å²) in [7, 11) is 1.55. The van der Waals surface area contributed by atoms with E-state index in [1.807, 2.05) is 37.3 Å². The average Bonchev–Trinajstić information content (AvgIpc) is 3.00. The zero-order valence-electron chi connectivity index (χ0n) is 16.7. The third kappa shape index (κ3) is 4.66. The molecule has 0 saturated carbocycles. The Morgan fingerprint density at radius 1 is 1.27 bits per heavy atom. The second-order valence-corrected chi connectivity index (χ2v) is 8.37. The van der Waals surface area contributed by atoms with Crippen LogP contribution in [0.2, 0.25) is 0 Å². The molecule has 1 fully saturated rings. The van der Waals surface area contributed by atoms with E-state index in [0.717, 1.165) is 33.4 Å². The van der Waals surface area contributed by atoms with E-state index in [0.29, 0.717) is 23.0 Å². The molecule has 6 nitrogen and oxygen atoms in total. The van der Waals surface area contributed by atoms with Crippen molar-refractivity contribution in [3.05, 3.63) is 64.1 Å². The predicted molar refractivity (Wildman–Crippen MR) is 121 cm³/mol. The van der Waals surface area contributed by atoms with Crippen LogP contribution in [0.15, 0.2) is 47.4 Å². The van der Waals surface area contributed by atoms with E-state index in [1.165, 1.54) is 6.92 Å². The number of carboxylic acid groups (broad SMARTS) is 1. The number of amides is 1. The molecular formula is C22H21NO5S2. The lowest BCUT2D eigenvalue weighted by atomic mass is 10.1. The third-order valence-corrected chi connectivity index (χ3v) is 6.03. The highest BCUT2D eigenvalue weighted by Crippen LogP contribution is 2.36. The van der Waals surface area contributed by atoms with Gasteiger partial charge in [-0.15, -0.1) is 0 Å². The number of aliphatic carboxylic acids is 1. The minimum absolute atomic E-state index is 0.228. The molecule has 3 rings (SSSR count). The van der Waals surface area contributed by atoms with E-state index in [1.54, 1.807) is 25.3 Å². The summed E-state index contributed by atoms with van der Waals surface area (Å²) in [5, 5.41) is 9.19. The van der Waals surface area contributed by atoms with Crippen molar-refractivity contribution in [2.75, 3.05) is 7.11 Å². The number of thiocarbonyl (C=S) groups is 1. The van der Waals surface area contributed by atoms with Gasteiger partial charge >= 0.3 is 5.97 Å². The number of thioether (sulfide) groups is 1. The maximum absolute atomic E-state index is 12.6. The molecule has 1 unspecified atom stereocenters. The van der Waals surface area contributed by atoms with Crippen LogP contribution in [0.3, 0.4) is 0 Å². The normalized spacial score (nSPS) is 16.1. The number of rotatable bonds is 7. The number of carbonyl (C=O) groups is 2. The number of hydrogen-bond donors (Lipinski definition) is 1. The number of carboxylic acids is 1. The van der Waals surface area contributed by atoms with Gasteiger partial charge in [-0.25, -0.2) is 4.79 Å². The lowest BCUT2D eigenvalue weighted by molar-refractivity contribution is -0.144. The molecule has 1 N–H and O–H groups in total. The maximum Gasteiger partial charge on any atom is 0.326 e.